The Morgan fingerprint density at radius 1 is 1.16 bits per heavy atom. The fourth-order valence-electron chi connectivity index (χ4n) is 5.03. The van der Waals surface area contributed by atoms with Gasteiger partial charge in [0.25, 0.3) is 0 Å². The summed E-state index contributed by atoms with van der Waals surface area (Å²) in [5.41, 5.74) is 2.69. The van der Waals surface area contributed by atoms with E-state index in [4.69, 9.17) is 4.98 Å². The number of halogens is 1. The highest BCUT2D eigenvalue weighted by atomic mass is 19.1. The lowest BCUT2D eigenvalue weighted by atomic mass is 9.95. The van der Waals surface area contributed by atoms with Gasteiger partial charge in [-0.3, -0.25) is 9.20 Å². The van der Waals surface area contributed by atoms with Crippen LogP contribution in [0.4, 0.5) is 16.0 Å². The average molecular weight is 436 g/mol. The van der Waals surface area contributed by atoms with E-state index in [0.29, 0.717) is 17.6 Å². The predicted molar refractivity (Wildman–Crippen MR) is 124 cm³/mol. The Balaban J connectivity index is 1.54. The first-order valence-corrected chi connectivity index (χ1v) is 11.7. The summed E-state index contributed by atoms with van der Waals surface area (Å²) >= 11 is 0. The molecule has 32 heavy (non-hydrogen) atoms. The van der Waals surface area contributed by atoms with Crippen molar-refractivity contribution in [3.05, 3.63) is 60.2 Å². The molecule has 0 radical (unpaired) electrons. The quantitative estimate of drug-likeness (QED) is 0.611. The van der Waals surface area contributed by atoms with Crippen molar-refractivity contribution in [3.63, 3.8) is 0 Å². The standard InChI is InChI=1S/C25H30FN5O/c26-19-8-5-11-21(15-19)31(17-23(32)28-20-9-1-2-10-20)25-29-24(18-7-6-13-27-16-18)22-12-3-4-14-30(22)25/h3-5,8,11-12,14-15,18,20,27H,1-2,6-7,9-10,13,16-17H2,(H,28,32)/t18-/m0/s1. The third-order valence-electron chi connectivity index (χ3n) is 6.63. The van der Waals surface area contributed by atoms with Gasteiger partial charge in [-0.05, 0) is 62.6 Å². The highest BCUT2D eigenvalue weighted by Gasteiger charge is 2.27. The number of fused-ring (bicyclic) bond motifs is 1. The number of amides is 1. The molecule has 0 bridgehead atoms. The number of nitrogens with zero attached hydrogens (tertiary/aromatic N) is 3. The van der Waals surface area contributed by atoms with Gasteiger partial charge in [0.1, 0.15) is 12.4 Å². The Morgan fingerprint density at radius 3 is 2.81 bits per heavy atom. The lowest BCUT2D eigenvalue weighted by molar-refractivity contribution is -0.120. The van der Waals surface area contributed by atoms with Gasteiger partial charge >= 0.3 is 0 Å². The highest BCUT2D eigenvalue weighted by molar-refractivity contribution is 5.84. The zero-order valence-corrected chi connectivity index (χ0v) is 18.3. The van der Waals surface area contributed by atoms with E-state index in [1.54, 1.807) is 6.07 Å². The molecule has 7 heteroatoms. The zero-order valence-electron chi connectivity index (χ0n) is 18.3. The zero-order chi connectivity index (χ0) is 21.9. The fraction of sp³-hybridized carbons (Fsp3) is 0.440. The lowest BCUT2D eigenvalue weighted by Gasteiger charge is -2.24. The second kappa shape index (κ2) is 9.28. The molecule has 3 aromatic rings. The molecule has 2 aliphatic rings. The normalized spacial score (nSPS) is 19.3. The molecular formula is C25H30FN5O. The van der Waals surface area contributed by atoms with Crippen molar-refractivity contribution in [2.24, 2.45) is 0 Å². The van der Waals surface area contributed by atoms with Crippen LogP contribution in [0.1, 0.15) is 50.1 Å². The molecule has 1 amide bonds. The maximum absolute atomic E-state index is 14.2. The van der Waals surface area contributed by atoms with Crippen LogP contribution in [0, 0.1) is 5.82 Å². The monoisotopic (exact) mass is 435 g/mol. The van der Waals surface area contributed by atoms with E-state index in [9.17, 15) is 9.18 Å². The number of carbonyl (C=O) groups excluding carboxylic acids is 1. The third kappa shape index (κ3) is 4.35. The summed E-state index contributed by atoms with van der Waals surface area (Å²) in [6.07, 6.45) is 8.52. The molecular weight excluding hydrogens is 405 g/mol. The van der Waals surface area contributed by atoms with E-state index < -0.39 is 0 Å². The van der Waals surface area contributed by atoms with Crippen molar-refractivity contribution in [3.8, 4) is 0 Å². The smallest absolute Gasteiger partial charge is 0.240 e. The number of pyridine rings is 1. The van der Waals surface area contributed by atoms with Gasteiger partial charge in [0.15, 0.2) is 0 Å². The Kier molecular flexibility index (Phi) is 6.08. The molecule has 1 aliphatic carbocycles. The second-order valence-electron chi connectivity index (χ2n) is 8.91. The summed E-state index contributed by atoms with van der Waals surface area (Å²) in [5.74, 6) is 0.570. The Hall–Kier alpha value is -2.93. The summed E-state index contributed by atoms with van der Waals surface area (Å²) in [7, 11) is 0. The van der Waals surface area contributed by atoms with E-state index in [-0.39, 0.29) is 24.3 Å². The minimum absolute atomic E-state index is 0.0604. The third-order valence-corrected chi connectivity index (χ3v) is 6.63. The molecule has 6 nitrogen and oxygen atoms in total. The fourth-order valence-corrected chi connectivity index (χ4v) is 5.03. The first-order chi connectivity index (χ1) is 15.7. The van der Waals surface area contributed by atoms with Crippen LogP contribution < -0.4 is 15.5 Å². The summed E-state index contributed by atoms with van der Waals surface area (Å²) in [6.45, 7) is 2.02. The summed E-state index contributed by atoms with van der Waals surface area (Å²) in [5, 5.41) is 6.63. The number of rotatable bonds is 6. The molecule has 3 heterocycles. The SMILES string of the molecule is O=C(CN(c1cccc(F)c1)c1nc([C@H]2CCCNC2)c2ccccn12)NC1CCCC1. The molecule has 168 valence electrons. The maximum Gasteiger partial charge on any atom is 0.240 e. The van der Waals surface area contributed by atoms with Crippen LogP contribution in [-0.4, -0.2) is 41.0 Å². The van der Waals surface area contributed by atoms with Crippen LogP contribution in [0.3, 0.4) is 0 Å². The number of hydrogen-bond donors (Lipinski definition) is 2. The van der Waals surface area contributed by atoms with Gasteiger partial charge in [-0.2, -0.15) is 0 Å². The molecule has 2 aromatic heterocycles. The predicted octanol–water partition coefficient (Wildman–Crippen LogP) is 4.14. The van der Waals surface area contributed by atoms with E-state index in [1.165, 1.54) is 12.1 Å². The molecule has 2 N–H and O–H groups in total. The summed E-state index contributed by atoms with van der Waals surface area (Å²) in [6, 6.07) is 12.7. The van der Waals surface area contributed by atoms with Gasteiger partial charge in [-0.25, -0.2) is 9.37 Å². The van der Waals surface area contributed by atoms with Crippen molar-refractivity contribution in [1.29, 1.82) is 0 Å². The molecule has 1 atom stereocenters. The van der Waals surface area contributed by atoms with Gasteiger partial charge in [0.2, 0.25) is 11.9 Å². The van der Waals surface area contributed by atoms with Gasteiger partial charge in [0, 0.05) is 30.4 Å². The Bertz CT molecular complexity index is 1080. The van der Waals surface area contributed by atoms with E-state index in [1.807, 2.05) is 33.7 Å². The number of hydrogen-bond acceptors (Lipinski definition) is 4. The first kappa shape index (κ1) is 20.9. The maximum atomic E-state index is 14.2. The van der Waals surface area contributed by atoms with Gasteiger partial charge in [-0.15, -0.1) is 0 Å². The molecule has 2 fully saturated rings. The van der Waals surface area contributed by atoms with Crippen molar-refractivity contribution in [2.75, 3.05) is 24.5 Å². The first-order valence-electron chi connectivity index (χ1n) is 11.7. The minimum atomic E-state index is -0.332. The van der Waals surface area contributed by atoms with E-state index in [0.717, 1.165) is 62.8 Å². The van der Waals surface area contributed by atoms with Crippen molar-refractivity contribution < 1.29 is 9.18 Å². The van der Waals surface area contributed by atoms with Gasteiger partial charge in [-0.1, -0.05) is 25.0 Å². The van der Waals surface area contributed by atoms with Crippen LogP contribution in [-0.2, 0) is 4.79 Å². The van der Waals surface area contributed by atoms with Gasteiger partial charge in [0.05, 0.1) is 11.2 Å². The van der Waals surface area contributed by atoms with Crippen LogP contribution in [0.5, 0.6) is 0 Å². The molecule has 1 aliphatic heterocycles. The van der Waals surface area contributed by atoms with Crippen molar-refractivity contribution in [2.45, 2.75) is 50.5 Å². The van der Waals surface area contributed by atoms with Gasteiger partial charge < -0.3 is 15.5 Å². The van der Waals surface area contributed by atoms with E-state index >= 15 is 0 Å². The molecule has 5 rings (SSSR count). The second-order valence-corrected chi connectivity index (χ2v) is 8.91. The topological polar surface area (TPSA) is 61.7 Å². The average Bonchev–Trinajstić information content (AvgIpc) is 3.46. The number of benzene rings is 1. The largest absolute Gasteiger partial charge is 0.352 e. The number of anilines is 2. The Labute approximate surface area is 187 Å². The molecule has 1 saturated carbocycles. The number of carbonyl (C=O) groups is 1. The molecule has 1 aromatic carbocycles. The minimum Gasteiger partial charge on any atom is -0.352 e. The number of imidazole rings is 1. The van der Waals surface area contributed by atoms with E-state index in [2.05, 4.69) is 16.7 Å². The number of piperidine rings is 1. The highest BCUT2D eigenvalue weighted by Crippen LogP contribution is 2.33. The molecule has 1 saturated heterocycles. The summed E-state index contributed by atoms with van der Waals surface area (Å²) in [4.78, 5) is 19.9. The van der Waals surface area contributed by atoms with Crippen molar-refractivity contribution >= 4 is 23.1 Å². The summed E-state index contributed by atoms with van der Waals surface area (Å²) < 4.78 is 16.2. The van der Waals surface area contributed by atoms with Crippen LogP contribution in [0.25, 0.3) is 5.52 Å². The molecule has 0 spiro atoms. The number of nitrogens with one attached hydrogen (secondary N) is 2. The number of aromatic nitrogens is 2. The molecule has 0 unspecified atom stereocenters. The Morgan fingerprint density at radius 2 is 2.03 bits per heavy atom. The lowest BCUT2D eigenvalue weighted by Crippen LogP contribution is -2.40. The van der Waals surface area contributed by atoms with Crippen LogP contribution >= 0.6 is 0 Å². The van der Waals surface area contributed by atoms with Crippen LogP contribution in [0.15, 0.2) is 48.7 Å². The van der Waals surface area contributed by atoms with Crippen molar-refractivity contribution in [1.82, 2.24) is 20.0 Å². The van der Waals surface area contributed by atoms with Crippen LogP contribution in [0.2, 0.25) is 0 Å².